The number of halogens is 2. The lowest BCUT2D eigenvalue weighted by molar-refractivity contribution is 0.316. The van der Waals surface area contributed by atoms with Gasteiger partial charge >= 0.3 is 0 Å². The number of hydrogen-bond acceptors (Lipinski definition) is 2. The zero-order chi connectivity index (χ0) is 15.1. The summed E-state index contributed by atoms with van der Waals surface area (Å²) in [5, 5.41) is 0. The van der Waals surface area contributed by atoms with Crippen LogP contribution in [-0.2, 0) is 0 Å². The van der Waals surface area contributed by atoms with Crippen molar-refractivity contribution in [2.24, 2.45) is 0 Å². The molecule has 0 radical (unpaired) electrons. The van der Waals surface area contributed by atoms with E-state index in [1.807, 2.05) is 13.0 Å². The molecule has 0 fully saturated rings. The second-order valence-corrected chi connectivity index (χ2v) is 4.19. The van der Waals surface area contributed by atoms with Gasteiger partial charge in [-0.3, -0.25) is 0 Å². The zero-order valence-corrected chi connectivity index (χ0v) is 11.7. The molecule has 0 saturated carbocycles. The van der Waals surface area contributed by atoms with Crippen LogP contribution in [0.25, 0.3) is 0 Å². The Hall–Kier alpha value is -2.10. The first-order chi connectivity index (χ1) is 9.49. The number of hydrogen-bond donors (Lipinski definition) is 0. The van der Waals surface area contributed by atoms with Gasteiger partial charge in [0.05, 0.1) is 7.11 Å². The summed E-state index contributed by atoms with van der Waals surface area (Å²) in [5.74, 6) is -2.47. The highest BCUT2D eigenvalue weighted by molar-refractivity contribution is 5.35. The molecule has 0 aromatic heterocycles. The normalized spacial score (nSPS) is 10.6. The van der Waals surface area contributed by atoms with Crippen molar-refractivity contribution >= 4 is 0 Å². The van der Waals surface area contributed by atoms with Gasteiger partial charge in [0.15, 0.2) is 11.5 Å². The van der Waals surface area contributed by atoms with E-state index in [9.17, 15) is 8.78 Å². The predicted molar refractivity (Wildman–Crippen MR) is 76.1 cm³/mol. The lowest BCUT2D eigenvalue weighted by Gasteiger charge is -2.09. The summed E-state index contributed by atoms with van der Waals surface area (Å²) >= 11 is 0. The number of methoxy groups -OCH3 is 1. The van der Waals surface area contributed by atoms with Crippen molar-refractivity contribution in [2.75, 3.05) is 13.7 Å². The van der Waals surface area contributed by atoms with Gasteiger partial charge in [-0.1, -0.05) is 37.8 Å². The van der Waals surface area contributed by atoms with Crippen LogP contribution in [-0.4, -0.2) is 13.7 Å². The van der Waals surface area contributed by atoms with Gasteiger partial charge in [-0.05, 0) is 24.1 Å². The smallest absolute Gasteiger partial charge is 0.204 e. The van der Waals surface area contributed by atoms with Crippen molar-refractivity contribution < 1.29 is 18.3 Å². The van der Waals surface area contributed by atoms with E-state index in [0.29, 0.717) is 5.57 Å². The van der Waals surface area contributed by atoms with Crippen molar-refractivity contribution in [3.63, 3.8) is 0 Å². The molecule has 4 heteroatoms. The topological polar surface area (TPSA) is 18.5 Å². The number of allylic oxidation sites excluding steroid dienone is 2. The molecule has 1 aromatic rings. The Morgan fingerprint density at radius 3 is 2.25 bits per heavy atom. The lowest BCUT2D eigenvalue weighted by atomic mass is 10.2. The van der Waals surface area contributed by atoms with Gasteiger partial charge in [-0.15, -0.1) is 0 Å². The van der Waals surface area contributed by atoms with Crippen LogP contribution in [0.15, 0.2) is 48.6 Å². The summed E-state index contributed by atoms with van der Waals surface area (Å²) in [5.41, 5.74) is 1.59. The molecule has 0 unspecified atom stereocenters. The van der Waals surface area contributed by atoms with Crippen molar-refractivity contribution in [3.05, 3.63) is 60.2 Å². The highest BCUT2D eigenvalue weighted by Gasteiger charge is 2.14. The summed E-state index contributed by atoms with van der Waals surface area (Å²) in [6, 6.07) is 2.63. The van der Waals surface area contributed by atoms with E-state index < -0.39 is 11.6 Å². The zero-order valence-electron chi connectivity index (χ0n) is 11.7. The van der Waals surface area contributed by atoms with Crippen LogP contribution in [0.2, 0.25) is 0 Å². The van der Waals surface area contributed by atoms with Crippen LogP contribution >= 0.6 is 0 Å². The Labute approximate surface area is 118 Å². The van der Waals surface area contributed by atoms with Crippen molar-refractivity contribution in [1.82, 2.24) is 0 Å². The second-order valence-electron chi connectivity index (χ2n) is 4.19. The van der Waals surface area contributed by atoms with E-state index in [4.69, 9.17) is 4.74 Å². The van der Waals surface area contributed by atoms with Crippen LogP contribution in [0.4, 0.5) is 8.78 Å². The van der Waals surface area contributed by atoms with Gasteiger partial charge in [0.1, 0.15) is 6.61 Å². The van der Waals surface area contributed by atoms with Crippen molar-refractivity contribution in [3.8, 4) is 11.5 Å². The maximum Gasteiger partial charge on any atom is 0.204 e. The number of rotatable bonds is 7. The molecule has 0 aliphatic rings. The third-order valence-electron chi connectivity index (χ3n) is 2.65. The SMILES string of the molecule is C=C(/C=C\C(=C)COc1ccc(OC)c(F)c1F)CC. The molecule has 0 N–H and O–H groups in total. The van der Waals surface area contributed by atoms with Crippen molar-refractivity contribution in [1.29, 1.82) is 0 Å². The number of ether oxygens (including phenoxy) is 2. The predicted octanol–water partition coefficient (Wildman–Crippen LogP) is 4.43. The molecule has 2 nitrogen and oxygen atoms in total. The quantitative estimate of drug-likeness (QED) is 0.688. The first-order valence-electron chi connectivity index (χ1n) is 6.18. The first kappa shape index (κ1) is 16.0. The Kier molecular flexibility index (Phi) is 5.97. The molecular formula is C16H18F2O2. The van der Waals surface area contributed by atoms with Crippen LogP contribution in [0.3, 0.4) is 0 Å². The van der Waals surface area contributed by atoms with Crippen LogP contribution in [0.1, 0.15) is 13.3 Å². The minimum absolute atomic E-state index is 0.0657. The van der Waals surface area contributed by atoms with E-state index in [-0.39, 0.29) is 18.1 Å². The highest BCUT2D eigenvalue weighted by Crippen LogP contribution is 2.27. The molecule has 0 aliphatic heterocycles. The van der Waals surface area contributed by atoms with Crippen LogP contribution in [0.5, 0.6) is 11.5 Å². The Bertz CT molecular complexity index is 534. The molecule has 0 saturated heterocycles. The molecule has 1 rings (SSSR count). The fraction of sp³-hybridized carbons (Fsp3) is 0.250. The van der Waals surface area contributed by atoms with E-state index in [1.165, 1.54) is 19.2 Å². The average molecular weight is 280 g/mol. The molecule has 0 bridgehead atoms. The summed E-state index contributed by atoms with van der Waals surface area (Å²) < 4.78 is 37.0. The van der Waals surface area contributed by atoms with Gasteiger partial charge < -0.3 is 9.47 Å². The minimum Gasteiger partial charge on any atom is -0.494 e. The molecule has 0 heterocycles. The third kappa shape index (κ3) is 4.23. The van der Waals surface area contributed by atoms with Crippen LogP contribution in [0, 0.1) is 11.6 Å². The van der Waals surface area contributed by atoms with Gasteiger partial charge in [-0.2, -0.15) is 8.78 Å². The first-order valence-corrected chi connectivity index (χ1v) is 6.18. The largest absolute Gasteiger partial charge is 0.494 e. The minimum atomic E-state index is -1.07. The summed E-state index contributed by atoms with van der Waals surface area (Å²) in [6.45, 7) is 9.64. The van der Waals surface area contributed by atoms with Crippen LogP contribution < -0.4 is 9.47 Å². The monoisotopic (exact) mass is 280 g/mol. The Balaban J connectivity index is 2.67. The molecule has 108 valence electrons. The van der Waals surface area contributed by atoms with E-state index in [1.54, 1.807) is 6.08 Å². The Morgan fingerprint density at radius 2 is 1.65 bits per heavy atom. The van der Waals surface area contributed by atoms with E-state index >= 15 is 0 Å². The lowest BCUT2D eigenvalue weighted by Crippen LogP contribution is -2.02. The Morgan fingerprint density at radius 1 is 1.10 bits per heavy atom. The maximum absolute atomic E-state index is 13.6. The van der Waals surface area contributed by atoms with Gasteiger partial charge in [0, 0.05) is 0 Å². The maximum atomic E-state index is 13.6. The molecule has 0 spiro atoms. The summed E-state index contributed by atoms with van der Waals surface area (Å²) in [4.78, 5) is 0. The van der Waals surface area contributed by atoms with Gasteiger partial charge in [0.2, 0.25) is 11.6 Å². The molecule has 0 aliphatic carbocycles. The standard InChI is InChI=1S/C16H18F2O2/c1-5-11(2)6-7-12(3)10-20-14-9-8-13(19-4)15(17)16(14)18/h6-9H,2-3,5,10H2,1,4H3/b7-6-. The summed E-state index contributed by atoms with van der Waals surface area (Å²) in [7, 11) is 1.27. The average Bonchev–Trinajstić information content (AvgIpc) is 2.46. The third-order valence-corrected chi connectivity index (χ3v) is 2.65. The molecule has 20 heavy (non-hydrogen) atoms. The van der Waals surface area contributed by atoms with E-state index in [2.05, 4.69) is 17.9 Å². The van der Waals surface area contributed by atoms with Gasteiger partial charge in [0.25, 0.3) is 0 Å². The fourth-order valence-corrected chi connectivity index (χ4v) is 1.36. The van der Waals surface area contributed by atoms with Crippen molar-refractivity contribution in [2.45, 2.75) is 13.3 Å². The second kappa shape index (κ2) is 7.48. The molecular weight excluding hydrogens is 262 g/mol. The van der Waals surface area contributed by atoms with E-state index in [0.717, 1.165) is 12.0 Å². The molecule has 1 aromatic carbocycles. The fourth-order valence-electron chi connectivity index (χ4n) is 1.36. The summed E-state index contributed by atoms with van der Waals surface area (Å²) in [6.07, 6.45) is 4.39. The molecule has 0 atom stereocenters. The number of benzene rings is 1. The highest BCUT2D eigenvalue weighted by atomic mass is 19.2. The molecule has 0 amide bonds. The van der Waals surface area contributed by atoms with Gasteiger partial charge in [-0.25, -0.2) is 0 Å².